The predicted octanol–water partition coefficient (Wildman–Crippen LogP) is 2.09. The molecule has 3 heteroatoms. The molecule has 2 nitrogen and oxygen atoms in total. The molecule has 0 aromatic heterocycles. The second-order valence-electron chi connectivity index (χ2n) is 3.42. The highest BCUT2D eigenvalue weighted by Crippen LogP contribution is 2.23. The van der Waals surface area contributed by atoms with Crippen molar-refractivity contribution in [2.45, 2.75) is 11.8 Å². The van der Waals surface area contributed by atoms with E-state index in [1.165, 1.54) is 5.69 Å². The maximum atomic E-state index is 6.02. The molecule has 1 unspecified atom stereocenters. The van der Waals surface area contributed by atoms with E-state index in [-0.39, 0.29) is 0 Å². The highest BCUT2D eigenvalue weighted by molar-refractivity contribution is 6.21. The van der Waals surface area contributed by atoms with Crippen molar-refractivity contribution in [3.05, 3.63) is 24.3 Å². The van der Waals surface area contributed by atoms with E-state index in [9.17, 15) is 0 Å². The minimum atomic E-state index is 0.303. The van der Waals surface area contributed by atoms with Crippen LogP contribution in [-0.2, 0) is 0 Å². The van der Waals surface area contributed by atoms with Gasteiger partial charge in [-0.3, -0.25) is 0 Å². The Hall–Kier alpha value is -0.890. The summed E-state index contributed by atoms with van der Waals surface area (Å²) in [6.07, 6.45) is 1.08. The molecule has 0 saturated carbocycles. The Morgan fingerprint density at radius 2 is 2.00 bits per heavy atom. The van der Waals surface area contributed by atoms with Gasteiger partial charge in [-0.15, -0.1) is 11.6 Å². The van der Waals surface area contributed by atoms with Crippen molar-refractivity contribution in [2.75, 3.05) is 23.7 Å². The van der Waals surface area contributed by atoms with E-state index in [1.54, 1.807) is 0 Å². The first-order valence-corrected chi connectivity index (χ1v) is 4.94. The van der Waals surface area contributed by atoms with Crippen LogP contribution in [0.5, 0.6) is 0 Å². The van der Waals surface area contributed by atoms with Gasteiger partial charge in [0, 0.05) is 24.5 Å². The summed E-state index contributed by atoms with van der Waals surface area (Å²) >= 11 is 6.02. The summed E-state index contributed by atoms with van der Waals surface area (Å²) in [4.78, 5) is 2.29. The standard InChI is InChI=1S/C10H13ClN2/c11-8-5-6-13(7-8)10-3-1-9(12)2-4-10/h1-4,8H,5-7,12H2. The van der Waals surface area contributed by atoms with Crippen LogP contribution < -0.4 is 10.6 Å². The number of nitrogens with zero attached hydrogens (tertiary/aromatic N) is 1. The van der Waals surface area contributed by atoms with Crippen LogP contribution in [-0.4, -0.2) is 18.5 Å². The Labute approximate surface area is 83.3 Å². The van der Waals surface area contributed by atoms with E-state index in [0.717, 1.165) is 25.2 Å². The lowest BCUT2D eigenvalue weighted by Crippen LogP contribution is -2.19. The SMILES string of the molecule is Nc1ccc(N2CCC(Cl)C2)cc1. The van der Waals surface area contributed by atoms with E-state index in [0.29, 0.717) is 5.38 Å². The highest BCUT2D eigenvalue weighted by Gasteiger charge is 2.19. The average molecular weight is 197 g/mol. The molecule has 70 valence electrons. The monoisotopic (exact) mass is 196 g/mol. The molecule has 0 spiro atoms. The third-order valence-electron chi connectivity index (χ3n) is 2.39. The summed E-state index contributed by atoms with van der Waals surface area (Å²) in [5.41, 5.74) is 7.64. The highest BCUT2D eigenvalue weighted by atomic mass is 35.5. The molecule has 1 saturated heterocycles. The molecule has 1 atom stereocenters. The first kappa shape index (κ1) is 8.70. The molecule has 13 heavy (non-hydrogen) atoms. The van der Waals surface area contributed by atoms with Gasteiger partial charge >= 0.3 is 0 Å². The zero-order chi connectivity index (χ0) is 9.26. The molecule has 0 bridgehead atoms. The topological polar surface area (TPSA) is 29.3 Å². The number of rotatable bonds is 1. The zero-order valence-corrected chi connectivity index (χ0v) is 8.17. The Morgan fingerprint density at radius 3 is 2.54 bits per heavy atom. The van der Waals surface area contributed by atoms with Gasteiger partial charge in [-0.1, -0.05) is 0 Å². The molecule has 1 aromatic rings. The van der Waals surface area contributed by atoms with Crippen molar-refractivity contribution < 1.29 is 0 Å². The Balaban J connectivity index is 2.13. The molecule has 1 aromatic carbocycles. The van der Waals surface area contributed by atoms with E-state index >= 15 is 0 Å². The second-order valence-corrected chi connectivity index (χ2v) is 4.04. The summed E-state index contributed by atoms with van der Waals surface area (Å²) in [6.45, 7) is 2.00. The number of hydrogen-bond donors (Lipinski definition) is 1. The largest absolute Gasteiger partial charge is 0.399 e. The third-order valence-corrected chi connectivity index (χ3v) is 2.75. The Kier molecular flexibility index (Phi) is 2.32. The van der Waals surface area contributed by atoms with Gasteiger partial charge in [0.15, 0.2) is 0 Å². The number of halogens is 1. The summed E-state index contributed by atoms with van der Waals surface area (Å²) in [6, 6.07) is 7.95. The number of nitrogens with two attached hydrogens (primary N) is 1. The van der Waals surface area contributed by atoms with Crippen LogP contribution in [0.1, 0.15) is 6.42 Å². The number of hydrogen-bond acceptors (Lipinski definition) is 2. The van der Waals surface area contributed by atoms with Crippen LogP contribution in [0.25, 0.3) is 0 Å². The van der Waals surface area contributed by atoms with Crippen LogP contribution in [0, 0.1) is 0 Å². The van der Waals surface area contributed by atoms with Crippen LogP contribution >= 0.6 is 11.6 Å². The smallest absolute Gasteiger partial charge is 0.0528 e. The maximum Gasteiger partial charge on any atom is 0.0528 e. The van der Waals surface area contributed by atoms with Crippen molar-refractivity contribution in [3.63, 3.8) is 0 Å². The fourth-order valence-corrected chi connectivity index (χ4v) is 1.90. The maximum absolute atomic E-state index is 6.02. The minimum absolute atomic E-state index is 0.303. The van der Waals surface area contributed by atoms with Crippen LogP contribution in [0.4, 0.5) is 11.4 Å². The van der Waals surface area contributed by atoms with Gasteiger partial charge in [-0.25, -0.2) is 0 Å². The van der Waals surface area contributed by atoms with Gasteiger partial charge in [0.2, 0.25) is 0 Å². The van der Waals surface area contributed by atoms with Crippen molar-refractivity contribution >= 4 is 23.0 Å². The van der Waals surface area contributed by atoms with Gasteiger partial charge in [-0.05, 0) is 30.7 Å². The van der Waals surface area contributed by atoms with E-state index in [2.05, 4.69) is 4.90 Å². The predicted molar refractivity (Wildman–Crippen MR) is 57.3 cm³/mol. The van der Waals surface area contributed by atoms with Gasteiger partial charge < -0.3 is 10.6 Å². The molecule has 0 radical (unpaired) electrons. The number of benzene rings is 1. The van der Waals surface area contributed by atoms with Crippen molar-refractivity contribution in [3.8, 4) is 0 Å². The van der Waals surface area contributed by atoms with E-state index < -0.39 is 0 Å². The molecule has 0 aliphatic carbocycles. The molecular weight excluding hydrogens is 184 g/mol. The molecule has 2 N–H and O–H groups in total. The second kappa shape index (κ2) is 3.46. The summed E-state index contributed by atoms with van der Waals surface area (Å²) in [5.74, 6) is 0. The Bertz CT molecular complexity index is 283. The Morgan fingerprint density at radius 1 is 1.31 bits per heavy atom. The van der Waals surface area contributed by atoms with Gasteiger partial charge in [0.1, 0.15) is 0 Å². The first-order chi connectivity index (χ1) is 6.25. The average Bonchev–Trinajstić information content (AvgIpc) is 2.53. The summed E-state index contributed by atoms with van der Waals surface area (Å²) in [5, 5.41) is 0.303. The van der Waals surface area contributed by atoms with Gasteiger partial charge in [-0.2, -0.15) is 0 Å². The van der Waals surface area contributed by atoms with Crippen molar-refractivity contribution in [2.24, 2.45) is 0 Å². The molecule has 1 fully saturated rings. The molecule has 2 rings (SSSR count). The lowest BCUT2D eigenvalue weighted by molar-refractivity contribution is 0.958. The lowest BCUT2D eigenvalue weighted by Gasteiger charge is -2.17. The number of alkyl halides is 1. The van der Waals surface area contributed by atoms with E-state index in [1.807, 2.05) is 24.3 Å². The summed E-state index contributed by atoms with van der Waals surface area (Å²) in [7, 11) is 0. The van der Waals surface area contributed by atoms with Crippen LogP contribution in [0.15, 0.2) is 24.3 Å². The van der Waals surface area contributed by atoms with Crippen LogP contribution in [0.2, 0.25) is 0 Å². The molecule has 0 amide bonds. The summed E-state index contributed by atoms with van der Waals surface area (Å²) < 4.78 is 0. The third kappa shape index (κ3) is 1.89. The zero-order valence-electron chi connectivity index (χ0n) is 7.41. The number of nitrogen functional groups attached to an aromatic ring is 1. The van der Waals surface area contributed by atoms with Gasteiger partial charge in [0.25, 0.3) is 0 Å². The van der Waals surface area contributed by atoms with Crippen molar-refractivity contribution in [1.29, 1.82) is 0 Å². The van der Waals surface area contributed by atoms with E-state index in [4.69, 9.17) is 17.3 Å². The number of anilines is 2. The normalized spacial score (nSPS) is 22.2. The molecule has 1 aliphatic heterocycles. The lowest BCUT2D eigenvalue weighted by atomic mass is 10.2. The van der Waals surface area contributed by atoms with Gasteiger partial charge in [0.05, 0.1) is 5.38 Å². The molecular formula is C10H13ClN2. The fraction of sp³-hybridized carbons (Fsp3) is 0.400. The fourth-order valence-electron chi connectivity index (χ4n) is 1.64. The molecule has 1 heterocycles. The quantitative estimate of drug-likeness (QED) is 0.551. The van der Waals surface area contributed by atoms with Crippen molar-refractivity contribution in [1.82, 2.24) is 0 Å². The molecule has 1 aliphatic rings. The van der Waals surface area contributed by atoms with Crippen LogP contribution in [0.3, 0.4) is 0 Å². The minimum Gasteiger partial charge on any atom is -0.399 e. The first-order valence-electron chi connectivity index (χ1n) is 4.50.